The summed E-state index contributed by atoms with van der Waals surface area (Å²) in [6.07, 6.45) is -2.60. The summed E-state index contributed by atoms with van der Waals surface area (Å²) in [6.45, 7) is 3.90. The topological polar surface area (TPSA) is 30.7 Å². The van der Waals surface area contributed by atoms with Gasteiger partial charge in [-0.1, -0.05) is 17.3 Å². The lowest BCUT2D eigenvalue weighted by Crippen LogP contribution is -2.03. The molecule has 0 amide bonds. The van der Waals surface area contributed by atoms with E-state index in [0.717, 1.165) is 12.1 Å². The highest BCUT2D eigenvalue weighted by Gasteiger charge is 2.30. The van der Waals surface area contributed by atoms with Crippen LogP contribution in [0.5, 0.6) is 0 Å². The van der Waals surface area contributed by atoms with Gasteiger partial charge in [0.15, 0.2) is 0 Å². The van der Waals surface area contributed by atoms with Gasteiger partial charge >= 0.3 is 6.18 Å². The Morgan fingerprint density at radius 1 is 1.11 bits per heavy atom. The second-order valence-electron chi connectivity index (χ2n) is 4.25. The minimum atomic E-state index is -4.31. The van der Waals surface area contributed by atoms with Gasteiger partial charge in [-0.05, 0) is 26.0 Å². The molecule has 0 unspecified atom stereocenters. The van der Waals surface area contributed by atoms with Crippen molar-refractivity contribution in [3.8, 4) is 11.3 Å². The third-order valence-electron chi connectivity index (χ3n) is 2.55. The van der Waals surface area contributed by atoms with E-state index < -0.39 is 11.7 Å². The van der Waals surface area contributed by atoms with E-state index in [0.29, 0.717) is 11.3 Å². The van der Waals surface area contributed by atoms with E-state index >= 15 is 0 Å². The highest BCUT2D eigenvalue weighted by molar-refractivity contribution is 5.58. The SMILES string of the molecule is CC(C)n1cc(-c2ccc(C(F)(F)F)cc2)nn1. The number of nitrogens with zero attached hydrogens (tertiary/aromatic N) is 3. The second kappa shape index (κ2) is 4.44. The molecule has 3 nitrogen and oxygen atoms in total. The summed E-state index contributed by atoms with van der Waals surface area (Å²) in [6, 6.07) is 5.06. The van der Waals surface area contributed by atoms with E-state index in [1.807, 2.05) is 13.8 Å². The number of rotatable bonds is 2. The Hall–Kier alpha value is -1.85. The molecule has 0 saturated heterocycles. The van der Waals surface area contributed by atoms with Gasteiger partial charge in [0, 0.05) is 11.6 Å². The van der Waals surface area contributed by atoms with E-state index in [1.165, 1.54) is 12.1 Å². The van der Waals surface area contributed by atoms with Crippen LogP contribution in [-0.4, -0.2) is 15.0 Å². The van der Waals surface area contributed by atoms with E-state index in [9.17, 15) is 13.2 Å². The Labute approximate surface area is 102 Å². The second-order valence-corrected chi connectivity index (χ2v) is 4.25. The first-order chi connectivity index (χ1) is 8.38. The van der Waals surface area contributed by atoms with Crippen LogP contribution in [-0.2, 0) is 6.18 Å². The molecular formula is C12H12F3N3. The van der Waals surface area contributed by atoms with Crippen molar-refractivity contribution in [3.05, 3.63) is 36.0 Å². The first-order valence-electron chi connectivity index (χ1n) is 5.47. The minimum Gasteiger partial charge on any atom is -0.249 e. The van der Waals surface area contributed by atoms with Gasteiger partial charge < -0.3 is 0 Å². The average molecular weight is 255 g/mol. The molecule has 0 saturated carbocycles. The van der Waals surface area contributed by atoms with Crippen LogP contribution in [0.15, 0.2) is 30.5 Å². The fraction of sp³-hybridized carbons (Fsp3) is 0.333. The minimum absolute atomic E-state index is 0.167. The Bertz CT molecular complexity index is 526. The largest absolute Gasteiger partial charge is 0.416 e. The van der Waals surface area contributed by atoms with Crippen LogP contribution < -0.4 is 0 Å². The molecule has 0 atom stereocenters. The molecule has 2 rings (SSSR count). The zero-order chi connectivity index (χ0) is 13.3. The molecular weight excluding hydrogens is 243 g/mol. The molecule has 1 aromatic heterocycles. The molecule has 1 heterocycles. The van der Waals surface area contributed by atoms with Crippen LogP contribution in [0.25, 0.3) is 11.3 Å². The molecule has 0 aliphatic carbocycles. The van der Waals surface area contributed by atoms with Gasteiger partial charge in [0.05, 0.1) is 11.8 Å². The standard InChI is InChI=1S/C12H12F3N3/c1-8(2)18-7-11(16-17-18)9-3-5-10(6-4-9)12(13,14)15/h3-8H,1-2H3. The summed E-state index contributed by atoms with van der Waals surface area (Å²) in [7, 11) is 0. The maximum atomic E-state index is 12.4. The van der Waals surface area contributed by atoms with Crippen LogP contribution in [0.1, 0.15) is 25.5 Å². The van der Waals surface area contributed by atoms with Crippen molar-refractivity contribution < 1.29 is 13.2 Å². The molecule has 0 spiro atoms. The quantitative estimate of drug-likeness (QED) is 0.821. The van der Waals surface area contributed by atoms with Crippen molar-refractivity contribution in [1.29, 1.82) is 0 Å². The number of hydrogen-bond donors (Lipinski definition) is 0. The van der Waals surface area contributed by atoms with Gasteiger partial charge in [-0.25, -0.2) is 4.68 Å². The lowest BCUT2D eigenvalue weighted by atomic mass is 10.1. The van der Waals surface area contributed by atoms with Gasteiger partial charge in [-0.15, -0.1) is 5.10 Å². The summed E-state index contributed by atoms with van der Waals surface area (Å²) in [5, 5.41) is 7.84. The monoisotopic (exact) mass is 255 g/mol. The van der Waals surface area contributed by atoms with Crippen LogP contribution in [0, 0.1) is 0 Å². The van der Waals surface area contributed by atoms with E-state index in [-0.39, 0.29) is 6.04 Å². The fourth-order valence-electron chi connectivity index (χ4n) is 1.49. The van der Waals surface area contributed by atoms with Crippen molar-refractivity contribution in [3.63, 3.8) is 0 Å². The summed E-state index contributed by atoms with van der Waals surface area (Å²) >= 11 is 0. The van der Waals surface area contributed by atoms with Crippen LogP contribution in [0.3, 0.4) is 0 Å². The number of hydrogen-bond acceptors (Lipinski definition) is 2. The summed E-state index contributed by atoms with van der Waals surface area (Å²) in [4.78, 5) is 0. The lowest BCUT2D eigenvalue weighted by Gasteiger charge is -2.06. The summed E-state index contributed by atoms with van der Waals surface area (Å²) in [5.74, 6) is 0. The van der Waals surface area contributed by atoms with Crippen LogP contribution >= 0.6 is 0 Å². The highest BCUT2D eigenvalue weighted by atomic mass is 19.4. The summed E-state index contributed by atoms with van der Waals surface area (Å²) in [5.41, 5.74) is 0.523. The maximum absolute atomic E-state index is 12.4. The predicted molar refractivity (Wildman–Crippen MR) is 60.8 cm³/mol. The molecule has 18 heavy (non-hydrogen) atoms. The molecule has 0 aliphatic rings. The molecule has 96 valence electrons. The highest BCUT2D eigenvalue weighted by Crippen LogP contribution is 2.30. The smallest absolute Gasteiger partial charge is 0.249 e. The van der Waals surface area contributed by atoms with Gasteiger partial charge in [0.25, 0.3) is 0 Å². The Kier molecular flexibility index (Phi) is 3.11. The summed E-state index contributed by atoms with van der Waals surface area (Å²) < 4.78 is 38.9. The lowest BCUT2D eigenvalue weighted by molar-refractivity contribution is -0.137. The number of benzene rings is 1. The van der Waals surface area contributed by atoms with Crippen molar-refractivity contribution in [1.82, 2.24) is 15.0 Å². The fourth-order valence-corrected chi connectivity index (χ4v) is 1.49. The van der Waals surface area contributed by atoms with E-state index in [1.54, 1.807) is 10.9 Å². The zero-order valence-electron chi connectivity index (χ0n) is 9.94. The molecule has 6 heteroatoms. The van der Waals surface area contributed by atoms with E-state index in [2.05, 4.69) is 10.3 Å². The molecule has 0 aliphatic heterocycles. The molecule has 0 radical (unpaired) electrons. The normalized spacial score (nSPS) is 12.1. The first-order valence-corrected chi connectivity index (χ1v) is 5.47. The van der Waals surface area contributed by atoms with Crippen molar-refractivity contribution in [2.24, 2.45) is 0 Å². The first kappa shape index (κ1) is 12.6. The maximum Gasteiger partial charge on any atom is 0.416 e. The Morgan fingerprint density at radius 3 is 2.17 bits per heavy atom. The molecule has 0 fully saturated rings. The van der Waals surface area contributed by atoms with Gasteiger partial charge in [-0.3, -0.25) is 0 Å². The van der Waals surface area contributed by atoms with Crippen molar-refractivity contribution in [2.75, 3.05) is 0 Å². The average Bonchev–Trinajstić information content (AvgIpc) is 2.77. The molecule has 0 N–H and O–H groups in total. The van der Waals surface area contributed by atoms with Crippen LogP contribution in [0.4, 0.5) is 13.2 Å². The van der Waals surface area contributed by atoms with E-state index in [4.69, 9.17) is 0 Å². The Morgan fingerprint density at radius 2 is 1.72 bits per heavy atom. The molecule has 0 bridgehead atoms. The van der Waals surface area contributed by atoms with Gasteiger partial charge in [-0.2, -0.15) is 13.2 Å². The van der Waals surface area contributed by atoms with Crippen molar-refractivity contribution in [2.45, 2.75) is 26.1 Å². The molecule has 2 aromatic rings. The predicted octanol–water partition coefficient (Wildman–Crippen LogP) is 3.54. The third-order valence-corrected chi connectivity index (χ3v) is 2.55. The van der Waals surface area contributed by atoms with Crippen LogP contribution in [0.2, 0.25) is 0 Å². The number of halogens is 3. The van der Waals surface area contributed by atoms with Crippen molar-refractivity contribution >= 4 is 0 Å². The molecule has 1 aromatic carbocycles. The van der Waals surface area contributed by atoms with Gasteiger partial charge in [0.2, 0.25) is 0 Å². The van der Waals surface area contributed by atoms with Gasteiger partial charge in [0.1, 0.15) is 5.69 Å². The zero-order valence-corrected chi connectivity index (χ0v) is 9.94. The number of alkyl halides is 3. The Balaban J connectivity index is 2.29. The third kappa shape index (κ3) is 2.52. The number of aromatic nitrogens is 3.